The van der Waals surface area contributed by atoms with Crippen molar-refractivity contribution in [1.82, 2.24) is 10.1 Å². The Morgan fingerprint density at radius 1 is 1.70 bits per heavy atom. The van der Waals surface area contributed by atoms with Gasteiger partial charge < -0.3 is 10.3 Å². The first-order valence-corrected chi connectivity index (χ1v) is 2.99. The molecule has 0 saturated carbocycles. The van der Waals surface area contributed by atoms with Crippen molar-refractivity contribution in [1.29, 1.82) is 0 Å². The second kappa shape index (κ2) is 3.12. The quantitative estimate of drug-likeness (QED) is 0.610. The maximum atomic E-state index is 5.24. The van der Waals surface area contributed by atoms with E-state index in [1.165, 1.54) is 0 Å². The molecule has 1 aromatic heterocycles. The fraction of sp³-hybridized carbons (Fsp3) is 0.333. The van der Waals surface area contributed by atoms with Gasteiger partial charge in [0.15, 0.2) is 5.82 Å². The van der Waals surface area contributed by atoms with Gasteiger partial charge in [0.1, 0.15) is 0 Å². The van der Waals surface area contributed by atoms with Gasteiger partial charge in [-0.15, -0.1) is 6.58 Å². The lowest BCUT2D eigenvalue weighted by Crippen LogP contribution is -1.96. The number of nitrogens with two attached hydrogens (primary N) is 1. The summed E-state index contributed by atoms with van der Waals surface area (Å²) in [5.74, 6) is 1.10. The predicted octanol–water partition coefficient (Wildman–Crippen LogP) is 0.257. The molecule has 0 unspecified atom stereocenters. The Hall–Kier alpha value is -1.16. The molecule has 4 nitrogen and oxygen atoms in total. The van der Waals surface area contributed by atoms with E-state index in [9.17, 15) is 0 Å². The lowest BCUT2D eigenvalue weighted by atomic mass is 10.4. The predicted molar refractivity (Wildman–Crippen MR) is 36.1 cm³/mol. The molecule has 0 fully saturated rings. The van der Waals surface area contributed by atoms with Crippen molar-refractivity contribution in [3.63, 3.8) is 0 Å². The molecular formula is C6H9N3O. The molecule has 0 spiro atoms. The maximum absolute atomic E-state index is 5.24. The number of allylic oxidation sites excluding steroid dienone is 1. The van der Waals surface area contributed by atoms with Gasteiger partial charge in [0, 0.05) is 6.42 Å². The smallest absolute Gasteiger partial charge is 0.240 e. The fourth-order valence-corrected chi connectivity index (χ4v) is 0.585. The largest absolute Gasteiger partial charge is 0.338 e. The van der Waals surface area contributed by atoms with E-state index in [0.717, 1.165) is 0 Å². The third kappa shape index (κ3) is 1.41. The van der Waals surface area contributed by atoms with Gasteiger partial charge >= 0.3 is 0 Å². The van der Waals surface area contributed by atoms with Crippen LogP contribution in [-0.2, 0) is 13.0 Å². The molecule has 4 heteroatoms. The summed E-state index contributed by atoms with van der Waals surface area (Å²) in [6.07, 6.45) is 2.34. The molecule has 0 atom stereocenters. The molecule has 0 aliphatic carbocycles. The van der Waals surface area contributed by atoms with Gasteiger partial charge in [0.05, 0.1) is 6.54 Å². The number of hydrogen-bond donors (Lipinski definition) is 1. The van der Waals surface area contributed by atoms with E-state index in [1.54, 1.807) is 6.08 Å². The Morgan fingerprint density at radius 3 is 3.00 bits per heavy atom. The van der Waals surface area contributed by atoms with E-state index in [0.29, 0.717) is 24.7 Å². The van der Waals surface area contributed by atoms with Crippen LogP contribution in [0.15, 0.2) is 17.2 Å². The maximum Gasteiger partial charge on any atom is 0.240 e. The molecule has 10 heavy (non-hydrogen) atoms. The highest BCUT2D eigenvalue weighted by atomic mass is 16.5. The first kappa shape index (κ1) is 6.95. The zero-order valence-corrected chi connectivity index (χ0v) is 5.58. The summed E-state index contributed by atoms with van der Waals surface area (Å²) < 4.78 is 4.73. The van der Waals surface area contributed by atoms with Crippen LogP contribution in [0.25, 0.3) is 0 Å². The summed E-state index contributed by atoms with van der Waals surface area (Å²) in [7, 11) is 0. The lowest BCUT2D eigenvalue weighted by Gasteiger charge is -1.79. The Labute approximate surface area is 58.7 Å². The Kier molecular flexibility index (Phi) is 2.17. The molecule has 0 aromatic carbocycles. The molecule has 0 amide bonds. The van der Waals surface area contributed by atoms with Crippen LogP contribution in [0.1, 0.15) is 11.7 Å². The Bertz CT molecular complexity index is 219. The van der Waals surface area contributed by atoms with Crippen LogP contribution < -0.4 is 5.73 Å². The minimum Gasteiger partial charge on any atom is -0.338 e. The number of nitrogens with zero attached hydrogens (tertiary/aromatic N) is 2. The Balaban J connectivity index is 2.67. The molecule has 0 aliphatic heterocycles. The summed E-state index contributed by atoms with van der Waals surface area (Å²) in [5, 5.41) is 3.64. The van der Waals surface area contributed by atoms with Crippen molar-refractivity contribution in [2.75, 3.05) is 0 Å². The van der Waals surface area contributed by atoms with Gasteiger partial charge in [-0.25, -0.2) is 0 Å². The highest BCUT2D eigenvalue weighted by Gasteiger charge is 2.00. The molecule has 0 radical (unpaired) electrons. The summed E-state index contributed by atoms with van der Waals surface area (Å²) in [6, 6.07) is 0. The highest BCUT2D eigenvalue weighted by molar-refractivity contribution is 4.91. The zero-order chi connectivity index (χ0) is 7.40. The number of aromatic nitrogens is 2. The van der Waals surface area contributed by atoms with Gasteiger partial charge in [-0.05, 0) is 0 Å². The average molecular weight is 139 g/mol. The minimum absolute atomic E-state index is 0.296. The van der Waals surface area contributed by atoms with Crippen molar-refractivity contribution in [2.45, 2.75) is 13.0 Å². The van der Waals surface area contributed by atoms with Crippen LogP contribution >= 0.6 is 0 Å². The SMILES string of the molecule is C=CCc1noc(CN)n1. The first-order chi connectivity index (χ1) is 4.86. The van der Waals surface area contributed by atoms with E-state index in [4.69, 9.17) is 10.3 Å². The average Bonchev–Trinajstić information content (AvgIpc) is 2.37. The van der Waals surface area contributed by atoms with Crippen molar-refractivity contribution in [2.24, 2.45) is 5.73 Å². The third-order valence-electron chi connectivity index (χ3n) is 1.01. The van der Waals surface area contributed by atoms with Gasteiger partial charge in [-0.1, -0.05) is 11.2 Å². The topological polar surface area (TPSA) is 64.9 Å². The van der Waals surface area contributed by atoms with E-state index >= 15 is 0 Å². The van der Waals surface area contributed by atoms with E-state index in [-0.39, 0.29) is 0 Å². The van der Waals surface area contributed by atoms with Gasteiger partial charge in [0.2, 0.25) is 5.89 Å². The summed E-state index contributed by atoms with van der Waals surface area (Å²) in [6.45, 7) is 3.83. The monoisotopic (exact) mass is 139 g/mol. The molecule has 2 N–H and O–H groups in total. The van der Waals surface area contributed by atoms with E-state index < -0.39 is 0 Å². The number of hydrogen-bond acceptors (Lipinski definition) is 4. The molecule has 1 aromatic rings. The Morgan fingerprint density at radius 2 is 2.50 bits per heavy atom. The van der Waals surface area contributed by atoms with Crippen LogP contribution in [0, 0.1) is 0 Å². The molecule has 0 bridgehead atoms. The van der Waals surface area contributed by atoms with Crippen LogP contribution in [0.2, 0.25) is 0 Å². The van der Waals surface area contributed by atoms with Gasteiger partial charge in [-0.2, -0.15) is 4.98 Å². The molecule has 1 heterocycles. The van der Waals surface area contributed by atoms with Crippen molar-refractivity contribution in [3.8, 4) is 0 Å². The highest BCUT2D eigenvalue weighted by Crippen LogP contribution is 1.96. The first-order valence-electron chi connectivity index (χ1n) is 2.99. The third-order valence-corrected chi connectivity index (χ3v) is 1.01. The molecule has 0 saturated heterocycles. The van der Waals surface area contributed by atoms with E-state index in [1.807, 2.05) is 0 Å². The molecule has 1 rings (SSSR count). The van der Waals surface area contributed by atoms with Crippen molar-refractivity contribution >= 4 is 0 Å². The van der Waals surface area contributed by atoms with Crippen LogP contribution in [0.5, 0.6) is 0 Å². The normalized spacial score (nSPS) is 9.70. The summed E-state index contributed by atoms with van der Waals surface area (Å²) in [4.78, 5) is 3.94. The van der Waals surface area contributed by atoms with Crippen LogP contribution in [0.3, 0.4) is 0 Å². The van der Waals surface area contributed by atoms with Crippen LogP contribution in [-0.4, -0.2) is 10.1 Å². The second-order valence-corrected chi connectivity index (χ2v) is 1.80. The van der Waals surface area contributed by atoms with Crippen molar-refractivity contribution < 1.29 is 4.52 Å². The lowest BCUT2D eigenvalue weighted by molar-refractivity contribution is 0.375. The zero-order valence-electron chi connectivity index (χ0n) is 5.58. The van der Waals surface area contributed by atoms with Gasteiger partial charge in [-0.3, -0.25) is 0 Å². The number of rotatable bonds is 3. The van der Waals surface area contributed by atoms with Crippen molar-refractivity contribution in [3.05, 3.63) is 24.4 Å². The fourth-order valence-electron chi connectivity index (χ4n) is 0.585. The van der Waals surface area contributed by atoms with Gasteiger partial charge in [0.25, 0.3) is 0 Å². The second-order valence-electron chi connectivity index (χ2n) is 1.80. The minimum atomic E-state index is 0.296. The van der Waals surface area contributed by atoms with Crippen LogP contribution in [0.4, 0.5) is 0 Å². The summed E-state index contributed by atoms with van der Waals surface area (Å²) in [5.41, 5.74) is 5.24. The standard InChI is InChI=1S/C6H9N3O/c1-2-3-5-8-6(4-7)10-9-5/h2H,1,3-4,7H2. The van der Waals surface area contributed by atoms with E-state index in [2.05, 4.69) is 16.7 Å². The molecule has 0 aliphatic rings. The molecular weight excluding hydrogens is 130 g/mol. The summed E-state index contributed by atoms with van der Waals surface area (Å²) >= 11 is 0. The molecule has 54 valence electrons.